The van der Waals surface area contributed by atoms with Gasteiger partial charge in [0.15, 0.2) is 15.0 Å². The van der Waals surface area contributed by atoms with Crippen LogP contribution >= 0.6 is 11.3 Å². The summed E-state index contributed by atoms with van der Waals surface area (Å²) < 4.78 is 22.9. The van der Waals surface area contributed by atoms with Crippen LogP contribution in [0.4, 0.5) is 5.13 Å². The number of piperidine rings is 1. The minimum absolute atomic E-state index is 0.0511. The van der Waals surface area contributed by atoms with Crippen molar-refractivity contribution < 1.29 is 13.2 Å². The zero-order chi connectivity index (χ0) is 17.2. The van der Waals surface area contributed by atoms with Gasteiger partial charge in [-0.3, -0.25) is 9.69 Å². The number of rotatable bonds is 5. The van der Waals surface area contributed by atoms with E-state index < -0.39 is 9.84 Å². The van der Waals surface area contributed by atoms with Gasteiger partial charge in [0.1, 0.15) is 0 Å². The summed E-state index contributed by atoms with van der Waals surface area (Å²) in [6, 6.07) is 0. The van der Waals surface area contributed by atoms with E-state index in [0.29, 0.717) is 11.6 Å². The van der Waals surface area contributed by atoms with Gasteiger partial charge in [-0.05, 0) is 44.2 Å². The Labute approximate surface area is 147 Å². The molecule has 0 aliphatic carbocycles. The minimum atomic E-state index is -2.93. The molecule has 1 amide bonds. The van der Waals surface area contributed by atoms with Crippen molar-refractivity contribution in [3.8, 4) is 0 Å². The second-order valence-electron chi connectivity index (χ2n) is 7.12. The molecule has 3 heterocycles. The van der Waals surface area contributed by atoms with Crippen LogP contribution in [0, 0.1) is 11.8 Å². The number of hydrogen-bond acceptors (Lipinski definition) is 6. The number of anilines is 1. The molecule has 2 aliphatic rings. The largest absolute Gasteiger partial charge is 0.302 e. The number of carbonyl (C=O) groups is 1. The molecule has 0 aromatic carbocycles. The molecule has 2 aliphatic heterocycles. The smallest absolute Gasteiger partial charge is 0.226 e. The average Bonchev–Trinajstić information content (AvgIpc) is 3.07. The van der Waals surface area contributed by atoms with Crippen molar-refractivity contribution in [1.82, 2.24) is 9.88 Å². The predicted octanol–water partition coefficient (Wildman–Crippen LogP) is 2.14. The lowest BCUT2D eigenvalue weighted by atomic mass is 9.99. The van der Waals surface area contributed by atoms with Crippen LogP contribution in [0.25, 0.3) is 0 Å². The van der Waals surface area contributed by atoms with Crippen LogP contribution in [-0.2, 0) is 21.2 Å². The zero-order valence-electron chi connectivity index (χ0n) is 14.0. The molecule has 2 fully saturated rings. The third-order valence-corrected chi connectivity index (χ3v) is 7.50. The number of thiazole rings is 1. The predicted molar refractivity (Wildman–Crippen MR) is 95.8 cm³/mol. The van der Waals surface area contributed by atoms with E-state index in [1.807, 2.05) is 5.38 Å². The summed E-state index contributed by atoms with van der Waals surface area (Å²) in [5.41, 5.74) is 0.994. The molecule has 0 saturated carbocycles. The monoisotopic (exact) mass is 371 g/mol. The Morgan fingerprint density at radius 3 is 2.79 bits per heavy atom. The number of amides is 1. The van der Waals surface area contributed by atoms with Crippen LogP contribution in [0.2, 0.25) is 0 Å². The number of sulfone groups is 1. The van der Waals surface area contributed by atoms with Crippen LogP contribution in [0.3, 0.4) is 0 Å². The number of aromatic nitrogens is 1. The second kappa shape index (κ2) is 7.49. The third kappa shape index (κ3) is 5.00. The topological polar surface area (TPSA) is 79.4 Å². The molecule has 24 heavy (non-hydrogen) atoms. The van der Waals surface area contributed by atoms with Crippen molar-refractivity contribution in [2.45, 2.75) is 39.2 Å². The SMILES string of the molecule is CC1CCN(Cc2csc(NC(=O)CC3CCS(=O)(=O)C3)n2)CC1. The van der Waals surface area contributed by atoms with Gasteiger partial charge in [0.25, 0.3) is 0 Å². The molecule has 0 spiro atoms. The fraction of sp³-hybridized carbons (Fsp3) is 0.750. The molecule has 1 N–H and O–H groups in total. The Morgan fingerprint density at radius 2 is 2.12 bits per heavy atom. The van der Waals surface area contributed by atoms with Gasteiger partial charge in [0.05, 0.1) is 17.2 Å². The Balaban J connectivity index is 1.46. The molecule has 1 unspecified atom stereocenters. The lowest BCUT2D eigenvalue weighted by Crippen LogP contribution is -2.32. The van der Waals surface area contributed by atoms with Crippen LogP contribution in [0.15, 0.2) is 5.38 Å². The van der Waals surface area contributed by atoms with Crippen LogP contribution in [-0.4, -0.2) is 48.8 Å². The summed E-state index contributed by atoms with van der Waals surface area (Å²) >= 11 is 1.44. The van der Waals surface area contributed by atoms with Gasteiger partial charge >= 0.3 is 0 Å². The van der Waals surface area contributed by atoms with Gasteiger partial charge in [0.2, 0.25) is 5.91 Å². The second-order valence-corrected chi connectivity index (χ2v) is 10.2. The molecule has 0 radical (unpaired) electrons. The molecule has 2 saturated heterocycles. The number of nitrogens with one attached hydrogen (secondary N) is 1. The first-order valence-corrected chi connectivity index (χ1v) is 11.3. The Morgan fingerprint density at radius 1 is 1.38 bits per heavy atom. The summed E-state index contributed by atoms with van der Waals surface area (Å²) in [6.07, 6.45) is 3.32. The van der Waals surface area contributed by atoms with Gasteiger partial charge in [-0.25, -0.2) is 13.4 Å². The van der Waals surface area contributed by atoms with E-state index in [4.69, 9.17) is 0 Å². The summed E-state index contributed by atoms with van der Waals surface area (Å²) in [5, 5.41) is 5.42. The molecule has 134 valence electrons. The van der Waals surface area contributed by atoms with Gasteiger partial charge in [-0.15, -0.1) is 11.3 Å². The lowest BCUT2D eigenvalue weighted by Gasteiger charge is -2.29. The van der Waals surface area contributed by atoms with E-state index in [9.17, 15) is 13.2 Å². The first kappa shape index (κ1) is 17.8. The van der Waals surface area contributed by atoms with Crippen molar-refractivity contribution >= 4 is 32.2 Å². The highest BCUT2D eigenvalue weighted by Crippen LogP contribution is 2.24. The Bertz CT molecular complexity index is 678. The standard InChI is InChI=1S/C16H25N3O3S2/c1-12-2-5-19(6-3-12)9-14-10-23-16(17-14)18-15(20)8-13-4-7-24(21,22)11-13/h10,12-13H,2-9,11H2,1H3,(H,17,18,20). The first-order valence-electron chi connectivity index (χ1n) is 8.56. The van der Waals surface area contributed by atoms with Gasteiger partial charge in [0, 0.05) is 18.3 Å². The Kier molecular flexibility index (Phi) is 5.56. The third-order valence-electron chi connectivity index (χ3n) is 4.86. The van der Waals surface area contributed by atoms with E-state index in [0.717, 1.165) is 31.2 Å². The van der Waals surface area contributed by atoms with Crippen LogP contribution in [0.5, 0.6) is 0 Å². The van der Waals surface area contributed by atoms with Crippen LogP contribution in [0.1, 0.15) is 38.3 Å². The Hall–Kier alpha value is -0.990. The molecule has 1 aromatic rings. The highest BCUT2D eigenvalue weighted by Gasteiger charge is 2.29. The summed E-state index contributed by atoms with van der Waals surface area (Å²) in [5.74, 6) is 0.970. The number of likely N-dealkylation sites (tertiary alicyclic amines) is 1. The summed E-state index contributed by atoms with van der Waals surface area (Å²) in [6.45, 7) is 5.34. The van der Waals surface area contributed by atoms with E-state index in [1.165, 1.54) is 24.2 Å². The molecule has 3 rings (SSSR count). The average molecular weight is 372 g/mol. The maximum absolute atomic E-state index is 12.1. The lowest BCUT2D eigenvalue weighted by molar-refractivity contribution is -0.116. The molecule has 1 atom stereocenters. The van der Waals surface area contributed by atoms with Crippen molar-refractivity contribution in [3.05, 3.63) is 11.1 Å². The normalized spacial score (nSPS) is 25.0. The van der Waals surface area contributed by atoms with Crippen molar-refractivity contribution in [1.29, 1.82) is 0 Å². The summed E-state index contributed by atoms with van der Waals surface area (Å²) in [7, 11) is -2.93. The fourth-order valence-electron chi connectivity index (χ4n) is 3.35. The fourth-order valence-corrected chi connectivity index (χ4v) is 5.93. The van der Waals surface area contributed by atoms with Crippen molar-refractivity contribution in [3.63, 3.8) is 0 Å². The van der Waals surface area contributed by atoms with Gasteiger partial charge < -0.3 is 5.32 Å². The summed E-state index contributed by atoms with van der Waals surface area (Å²) in [4.78, 5) is 19.0. The van der Waals surface area contributed by atoms with E-state index >= 15 is 0 Å². The zero-order valence-corrected chi connectivity index (χ0v) is 15.7. The molecule has 6 nitrogen and oxygen atoms in total. The molecule has 8 heteroatoms. The quantitative estimate of drug-likeness (QED) is 0.858. The van der Waals surface area contributed by atoms with Crippen molar-refractivity contribution in [2.75, 3.05) is 29.9 Å². The number of nitrogens with zero attached hydrogens (tertiary/aromatic N) is 2. The maximum atomic E-state index is 12.1. The highest BCUT2D eigenvalue weighted by atomic mass is 32.2. The first-order chi connectivity index (χ1) is 11.4. The van der Waals surface area contributed by atoms with E-state index in [2.05, 4.69) is 22.1 Å². The van der Waals surface area contributed by atoms with E-state index in [-0.39, 0.29) is 29.8 Å². The molecular weight excluding hydrogens is 346 g/mol. The van der Waals surface area contributed by atoms with Gasteiger partial charge in [-0.1, -0.05) is 6.92 Å². The minimum Gasteiger partial charge on any atom is -0.302 e. The van der Waals surface area contributed by atoms with Gasteiger partial charge in [-0.2, -0.15) is 0 Å². The number of hydrogen-bond donors (Lipinski definition) is 1. The van der Waals surface area contributed by atoms with E-state index in [1.54, 1.807) is 0 Å². The van der Waals surface area contributed by atoms with Crippen molar-refractivity contribution in [2.24, 2.45) is 11.8 Å². The molecule has 0 bridgehead atoms. The maximum Gasteiger partial charge on any atom is 0.226 e. The number of carbonyl (C=O) groups excluding carboxylic acids is 1. The highest BCUT2D eigenvalue weighted by molar-refractivity contribution is 7.91. The molecule has 1 aromatic heterocycles. The van der Waals surface area contributed by atoms with Crippen LogP contribution < -0.4 is 5.32 Å². The molecular formula is C16H25N3O3S2.